The molecule has 0 aromatic heterocycles. The van der Waals surface area contributed by atoms with Gasteiger partial charge in [-0.1, -0.05) is 6.58 Å². The largest absolute Gasteiger partial charge is 0.426 e. The Morgan fingerprint density at radius 2 is 1.65 bits per heavy atom. The van der Waals surface area contributed by atoms with E-state index in [4.69, 9.17) is 4.74 Å². The maximum absolute atomic E-state index is 12.9. The molecule has 152 valence electrons. The fourth-order valence-electron chi connectivity index (χ4n) is 4.22. The topological polar surface area (TPSA) is 49.7 Å². The zero-order valence-corrected chi connectivity index (χ0v) is 14.4. The molecule has 0 radical (unpaired) electrons. The Balaban J connectivity index is 2.05. The third-order valence-electron chi connectivity index (χ3n) is 5.63. The maximum Gasteiger partial charge on any atom is 0.426 e. The third kappa shape index (κ3) is 4.36. The summed E-state index contributed by atoms with van der Waals surface area (Å²) in [6, 6.07) is 0. The molecule has 9 heteroatoms. The van der Waals surface area contributed by atoms with Crippen molar-refractivity contribution in [1.29, 1.82) is 0 Å². The lowest BCUT2D eigenvalue weighted by Crippen LogP contribution is -2.58. The molecule has 0 aliphatic heterocycles. The molecule has 0 heterocycles. The second-order valence-corrected chi connectivity index (χ2v) is 7.69. The van der Waals surface area contributed by atoms with E-state index < -0.39 is 36.6 Å². The standard InChI is InChI=1S/C17H24F6O3/c1-9(2)14(24)26-13-4-3-11-5-10(7-13)6-12(11)8-15(25,16(18,19)20)17(21,22)23/h10-14,24-25H,1,3-8H2,2H3/t10?,11?,12?,13?,14-/m1/s1. The van der Waals surface area contributed by atoms with Crippen LogP contribution in [0.4, 0.5) is 26.3 Å². The Labute approximate surface area is 148 Å². The highest BCUT2D eigenvalue weighted by atomic mass is 19.4. The lowest BCUT2D eigenvalue weighted by molar-refractivity contribution is -0.373. The number of hydrogen-bond donors (Lipinski definition) is 2. The highest BCUT2D eigenvalue weighted by molar-refractivity contribution is 5.00. The molecule has 0 saturated heterocycles. The van der Waals surface area contributed by atoms with Crippen molar-refractivity contribution < 1.29 is 41.3 Å². The molecular formula is C17H24F6O3. The Morgan fingerprint density at radius 3 is 2.15 bits per heavy atom. The highest BCUT2D eigenvalue weighted by Crippen LogP contribution is 2.53. The molecule has 26 heavy (non-hydrogen) atoms. The molecule has 0 amide bonds. The molecular weight excluding hydrogens is 366 g/mol. The van der Waals surface area contributed by atoms with Crippen LogP contribution in [0.5, 0.6) is 0 Å². The fourth-order valence-corrected chi connectivity index (χ4v) is 4.22. The van der Waals surface area contributed by atoms with Crippen molar-refractivity contribution in [1.82, 2.24) is 0 Å². The molecule has 0 spiro atoms. The van der Waals surface area contributed by atoms with Crippen LogP contribution in [0.3, 0.4) is 0 Å². The summed E-state index contributed by atoms with van der Waals surface area (Å²) in [6.07, 6.45) is -12.3. The van der Waals surface area contributed by atoms with Crippen molar-refractivity contribution in [2.24, 2.45) is 17.8 Å². The molecule has 2 N–H and O–H groups in total. The zero-order valence-electron chi connectivity index (χ0n) is 14.4. The van der Waals surface area contributed by atoms with Gasteiger partial charge in [-0.25, -0.2) is 0 Å². The second kappa shape index (κ2) is 7.31. The first kappa shape index (κ1) is 21.5. The number of aliphatic hydroxyl groups excluding tert-OH is 1. The number of ether oxygens (including phenoxy) is 1. The van der Waals surface area contributed by atoms with E-state index in [9.17, 15) is 36.6 Å². The summed E-state index contributed by atoms with van der Waals surface area (Å²) in [6.45, 7) is 5.17. The van der Waals surface area contributed by atoms with Crippen LogP contribution >= 0.6 is 0 Å². The molecule has 2 aliphatic carbocycles. The predicted octanol–water partition coefficient (Wildman–Crippen LogP) is 4.34. The van der Waals surface area contributed by atoms with Crippen molar-refractivity contribution in [3.63, 3.8) is 0 Å². The van der Waals surface area contributed by atoms with Gasteiger partial charge in [0.15, 0.2) is 6.29 Å². The van der Waals surface area contributed by atoms with Gasteiger partial charge in [0.1, 0.15) is 0 Å². The molecule has 0 aromatic rings. The van der Waals surface area contributed by atoms with E-state index >= 15 is 0 Å². The van der Waals surface area contributed by atoms with E-state index in [0.717, 1.165) is 0 Å². The van der Waals surface area contributed by atoms with Crippen molar-refractivity contribution in [2.75, 3.05) is 0 Å². The smallest absolute Gasteiger partial charge is 0.374 e. The van der Waals surface area contributed by atoms with Crippen molar-refractivity contribution in [3.8, 4) is 0 Å². The van der Waals surface area contributed by atoms with Gasteiger partial charge in [-0.05, 0) is 68.8 Å². The number of hydrogen-bond acceptors (Lipinski definition) is 3. The Bertz CT molecular complexity index is 502. The number of fused-ring (bicyclic) bond motifs is 2. The molecule has 2 fully saturated rings. The minimum absolute atomic E-state index is 0.0828. The number of alkyl halides is 6. The van der Waals surface area contributed by atoms with Crippen LogP contribution in [-0.2, 0) is 4.74 Å². The highest BCUT2D eigenvalue weighted by Gasteiger charge is 2.71. The molecule has 4 unspecified atom stereocenters. The molecule has 5 atom stereocenters. The van der Waals surface area contributed by atoms with Gasteiger partial charge in [-0.3, -0.25) is 0 Å². The van der Waals surface area contributed by atoms with Gasteiger partial charge in [0.2, 0.25) is 0 Å². The van der Waals surface area contributed by atoms with Crippen LogP contribution in [0.15, 0.2) is 12.2 Å². The van der Waals surface area contributed by atoms with Crippen molar-refractivity contribution in [2.45, 2.75) is 75.8 Å². The number of rotatable bonds is 5. The molecule has 3 nitrogen and oxygen atoms in total. The first-order valence-electron chi connectivity index (χ1n) is 8.59. The number of halogens is 6. The van der Waals surface area contributed by atoms with Crippen LogP contribution in [-0.4, -0.2) is 40.6 Å². The monoisotopic (exact) mass is 390 g/mol. The van der Waals surface area contributed by atoms with Gasteiger partial charge in [0.25, 0.3) is 5.60 Å². The van der Waals surface area contributed by atoms with Crippen LogP contribution in [0, 0.1) is 17.8 Å². The van der Waals surface area contributed by atoms with Crippen molar-refractivity contribution >= 4 is 0 Å². The number of aliphatic hydroxyl groups is 2. The molecule has 0 aromatic carbocycles. The average Bonchev–Trinajstić information content (AvgIpc) is 2.70. The van der Waals surface area contributed by atoms with E-state index in [2.05, 4.69) is 6.58 Å². The lowest BCUT2D eigenvalue weighted by atomic mass is 9.80. The van der Waals surface area contributed by atoms with E-state index in [0.29, 0.717) is 31.3 Å². The summed E-state index contributed by atoms with van der Waals surface area (Å²) in [5.41, 5.74) is -4.25. The van der Waals surface area contributed by atoms with Gasteiger partial charge in [0, 0.05) is 0 Å². The second-order valence-electron chi connectivity index (χ2n) is 7.69. The molecule has 2 bridgehead atoms. The lowest BCUT2D eigenvalue weighted by Gasteiger charge is -2.36. The average molecular weight is 390 g/mol. The van der Waals surface area contributed by atoms with Crippen LogP contribution in [0.1, 0.15) is 45.4 Å². The summed E-state index contributed by atoms with van der Waals surface area (Å²) in [7, 11) is 0. The predicted molar refractivity (Wildman–Crippen MR) is 80.9 cm³/mol. The van der Waals surface area contributed by atoms with Gasteiger partial charge in [0.05, 0.1) is 6.10 Å². The summed E-state index contributed by atoms with van der Waals surface area (Å²) in [4.78, 5) is 0. The zero-order chi connectivity index (χ0) is 19.9. The van der Waals surface area contributed by atoms with Crippen molar-refractivity contribution in [3.05, 3.63) is 12.2 Å². The molecule has 2 saturated carbocycles. The minimum Gasteiger partial charge on any atom is -0.374 e. The van der Waals surface area contributed by atoms with Gasteiger partial charge in [-0.2, -0.15) is 26.3 Å². The van der Waals surface area contributed by atoms with Gasteiger partial charge < -0.3 is 14.9 Å². The normalized spacial score (nSPS) is 31.6. The first-order valence-corrected chi connectivity index (χ1v) is 8.59. The van der Waals surface area contributed by atoms with Gasteiger partial charge >= 0.3 is 12.4 Å². The third-order valence-corrected chi connectivity index (χ3v) is 5.63. The van der Waals surface area contributed by atoms with E-state index in [-0.39, 0.29) is 24.4 Å². The van der Waals surface area contributed by atoms with Gasteiger partial charge in [-0.15, -0.1) is 0 Å². The first-order chi connectivity index (χ1) is 11.7. The summed E-state index contributed by atoms with van der Waals surface area (Å²) in [5.74, 6) is -1.26. The van der Waals surface area contributed by atoms with Crippen LogP contribution in [0.2, 0.25) is 0 Å². The Kier molecular flexibility index (Phi) is 6.05. The fraction of sp³-hybridized carbons (Fsp3) is 0.882. The van der Waals surface area contributed by atoms with E-state index in [1.807, 2.05) is 0 Å². The quantitative estimate of drug-likeness (QED) is 0.417. The SMILES string of the molecule is C=C(C)[C@H](O)OC1CCC2CC(C1)CC2CC(O)(C(F)(F)F)C(F)(F)F. The van der Waals surface area contributed by atoms with Crippen LogP contribution < -0.4 is 0 Å². The summed E-state index contributed by atoms with van der Waals surface area (Å²) >= 11 is 0. The minimum atomic E-state index is -5.77. The van der Waals surface area contributed by atoms with Crippen LogP contribution in [0.25, 0.3) is 0 Å². The van der Waals surface area contributed by atoms with E-state index in [1.165, 1.54) is 0 Å². The molecule has 2 rings (SSSR count). The van der Waals surface area contributed by atoms with E-state index in [1.54, 1.807) is 6.92 Å². The Morgan fingerprint density at radius 1 is 1.08 bits per heavy atom. The summed E-state index contributed by atoms with van der Waals surface area (Å²) in [5, 5.41) is 19.2. The maximum atomic E-state index is 12.9. The summed E-state index contributed by atoms with van der Waals surface area (Å²) < 4.78 is 83.1. The molecule has 2 aliphatic rings. The Hall–Kier alpha value is -0.800.